The van der Waals surface area contributed by atoms with Gasteiger partial charge in [0, 0.05) is 17.8 Å². The first-order valence-corrected chi connectivity index (χ1v) is 12.6. The fourth-order valence-electron chi connectivity index (χ4n) is 4.52. The van der Waals surface area contributed by atoms with Crippen molar-refractivity contribution in [1.82, 2.24) is 14.8 Å². The van der Waals surface area contributed by atoms with Crippen LogP contribution < -0.4 is 19.9 Å². The number of carbonyl (C=O) groups is 1. The Balaban J connectivity index is 1.54. The lowest BCUT2D eigenvalue weighted by Gasteiger charge is -2.17. The van der Waals surface area contributed by atoms with Crippen molar-refractivity contribution in [1.29, 1.82) is 0 Å². The fraction of sp³-hybridized carbons (Fsp3) is 0.348. The molecule has 0 bridgehead atoms. The van der Waals surface area contributed by atoms with Crippen LogP contribution in [0.1, 0.15) is 31.4 Å². The van der Waals surface area contributed by atoms with E-state index in [2.05, 4.69) is 19.8 Å². The normalized spacial score (nSPS) is 17.2. The third-order valence-electron chi connectivity index (χ3n) is 6.03. The SMILES string of the molecule is COc1cc(-c2cc(F)c3c(c2NC(=O)N=[S@](N)(=O)c2cnn4c2OC(C)(C)C4)CCC3)ccn1. The minimum absolute atomic E-state index is 0.0432. The molecule has 2 amide bonds. The van der Waals surface area contributed by atoms with E-state index < -0.39 is 21.5 Å². The maximum atomic E-state index is 14.9. The Bertz CT molecular complexity index is 1470. The summed E-state index contributed by atoms with van der Waals surface area (Å²) in [6.45, 7) is 4.17. The lowest BCUT2D eigenvalue weighted by atomic mass is 9.97. The van der Waals surface area contributed by atoms with Crippen molar-refractivity contribution in [2.75, 3.05) is 12.4 Å². The van der Waals surface area contributed by atoms with Crippen LogP contribution >= 0.6 is 0 Å². The van der Waals surface area contributed by atoms with Gasteiger partial charge in [0.1, 0.15) is 16.3 Å². The van der Waals surface area contributed by atoms with Crippen LogP contribution in [0.4, 0.5) is 14.9 Å². The van der Waals surface area contributed by atoms with Crippen molar-refractivity contribution in [3.63, 3.8) is 0 Å². The van der Waals surface area contributed by atoms with Crippen LogP contribution in [-0.4, -0.2) is 37.7 Å². The number of urea groups is 1. The van der Waals surface area contributed by atoms with E-state index in [-0.39, 0.29) is 16.6 Å². The molecule has 10 nitrogen and oxygen atoms in total. The Morgan fingerprint density at radius 2 is 2.11 bits per heavy atom. The van der Waals surface area contributed by atoms with Gasteiger partial charge in [-0.3, -0.25) is 0 Å². The smallest absolute Gasteiger partial charge is 0.354 e. The van der Waals surface area contributed by atoms with Crippen LogP contribution in [0.2, 0.25) is 0 Å². The zero-order valence-corrected chi connectivity index (χ0v) is 20.3. The van der Waals surface area contributed by atoms with Crippen LogP contribution in [0, 0.1) is 5.82 Å². The van der Waals surface area contributed by atoms with E-state index in [0.717, 1.165) is 6.42 Å². The number of benzene rings is 1. The van der Waals surface area contributed by atoms with Crippen LogP contribution in [0.25, 0.3) is 11.1 Å². The fourth-order valence-corrected chi connectivity index (χ4v) is 5.51. The van der Waals surface area contributed by atoms with Crippen molar-refractivity contribution in [2.24, 2.45) is 9.50 Å². The van der Waals surface area contributed by atoms with Crippen LogP contribution in [-0.2, 0) is 29.3 Å². The van der Waals surface area contributed by atoms with Gasteiger partial charge in [-0.15, -0.1) is 4.36 Å². The summed E-state index contributed by atoms with van der Waals surface area (Å²) in [4.78, 5) is 17.1. The Morgan fingerprint density at radius 3 is 2.89 bits per heavy atom. The van der Waals surface area contributed by atoms with E-state index in [4.69, 9.17) is 14.6 Å². The van der Waals surface area contributed by atoms with Crippen molar-refractivity contribution >= 4 is 21.6 Å². The average Bonchev–Trinajstić information content (AvgIpc) is 3.49. The Morgan fingerprint density at radius 1 is 1.34 bits per heavy atom. The molecular weight excluding hydrogens is 475 g/mol. The van der Waals surface area contributed by atoms with E-state index in [9.17, 15) is 13.4 Å². The van der Waals surface area contributed by atoms with E-state index in [1.165, 1.54) is 30.3 Å². The van der Waals surface area contributed by atoms with Gasteiger partial charge in [0.2, 0.25) is 11.8 Å². The first kappa shape index (κ1) is 23.2. The van der Waals surface area contributed by atoms with Gasteiger partial charge >= 0.3 is 6.03 Å². The van der Waals surface area contributed by atoms with Gasteiger partial charge in [0.05, 0.1) is 25.5 Å². The molecule has 1 aliphatic carbocycles. The number of nitrogens with two attached hydrogens (primary N) is 1. The van der Waals surface area contributed by atoms with Gasteiger partial charge in [-0.2, -0.15) is 5.10 Å². The van der Waals surface area contributed by atoms with Crippen molar-refractivity contribution < 1.29 is 22.9 Å². The van der Waals surface area contributed by atoms with Crippen LogP contribution in [0.15, 0.2) is 39.9 Å². The second-order valence-electron chi connectivity index (χ2n) is 9.10. The zero-order chi connectivity index (χ0) is 25.0. The molecule has 1 aliphatic heterocycles. The summed E-state index contributed by atoms with van der Waals surface area (Å²) in [6.07, 6.45) is 4.72. The maximum absolute atomic E-state index is 14.9. The third-order valence-corrected chi connectivity index (χ3v) is 7.38. The van der Waals surface area contributed by atoms with Crippen LogP contribution in [0.3, 0.4) is 0 Å². The Kier molecular flexibility index (Phi) is 5.52. The highest BCUT2D eigenvalue weighted by Crippen LogP contribution is 2.40. The molecule has 184 valence electrons. The van der Waals surface area contributed by atoms with Crippen molar-refractivity contribution in [3.05, 3.63) is 47.5 Å². The average molecular weight is 501 g/mol. The lowest BCUT2D eigenvalue weighted by molar-refractivity contribution is 0.132. The maximum Gasteiger partial charge on any atom is 0.354 e. The number of aromatic nitrogens is 3. The second-order valence-corrected chi connectivity index (χ2v) is 10.9. The summed E-state index contributed by atoms with van der Waals surface area (Å²) >= 11 is 0. The van der Waals surface area contributed by atoms with Gasteiger partial charge in [0.15, 0.2) is 9.92 Å². The molecule has 3 aromatic rings. The van der Waals surface area contributed by atoms with E-state index in [1.807, 2.05) is 13.8 Å². The number of hydrogen-bond acceptors (Lipinski definition) is 6. The molecule has 2 aliphatic rings. The van der Waals surface area contributed by atoms with Gasteiger partial charge in [-0.25, -0.2) is 28.2 Å². The number of hydrogen-bond donors (Lipinski definition) is 2. The van der Waals surface area contributed by atoms with E-state index >= 15 is 0 Å². The predicted octanol–water partition coefficient (Wildman–Crippen LogP) is 3.69. The molecule has 0 spiro atoms. The number of pyridine rings is 1. The Labute approximate surface area is 202 Å². The monoisotopic (exact) mass is 500 g/mol. The molecule has 12 heteroatoms. The van der Waals surface area contributed by atoms with Gasteiger partial charge < -0.3 is 14.8 Å². The lowest BCUT2D eigenvalue weighted by Crippen LogP contribution is -2.27. The van der Waals surface area contributed by atoms with E-state index in [0.29, 0.717) is 53.2 Å². The number of nitrogens with one attached hydrogen (secondary N) is 1. The molecule has 0 fully saturated rings. The van der Waals surface area contributed by atoms with Gasteiger partial charge in [-0.1, -0.05) is 0 Å². The molecule has 0 saturated carbocycles. The summed E-state index contributed by atoms with van der Waals surface area (Å²) in [5.41, 5.74) is 2.11. The number of fused-ring (bicyclic) bond motifs is 2. The van der Waals surface area contributed by atoms with Crippen LogP contribution in [0.5, 0.6) is 11.8 Å². The summed E-state index contributed by atoms with van der Waals surface area (Å²) < 4.78 is 44.5. The number of amides is 2. The van der Waals surface area contributed by atoms with Crippen molar-refractivity contribution in [2.45, 2.75) is 50.2 Å². The van der Waals surface area contributed by atoms with Gasteiger partial charge in [0.25, 0.3) is 0 Å². The number of anilines is 1. The number of nitrogens with zero attached hydrogens (tertiary/aromatic N) is 4. The number of ether oxygens (including phenoxy) is 2. The highest BCUT2D eigenvalue weighted by molar-refractivity contribution is 7.91. The molecule has 2 aromatic heterocycles. The predicted molar refractivity (Wildman–Crippen MR) is 127 cm³/mol. The van der Waals surface area contributed by atoms with E-state index in [1.54, 1.807) is 12.1 Å². The minimum Gasteiger partial charge on any atom is -0.481 e. The molecule has 0 unspecified atom stereocenters. The molecule has 1 aromatic carbocycles. The molecule has 0 saturated heterocycles. The number of halogens is 1. The highest BCUT2D eigenvalue weighted by atomic mass is 32.2. The molecule has 3 heterocycles. The summed E-state index contributed by atoms with van der Waals surface area (Å²) in [5.74, 6) is 0.218. The largest absolute Gasteiger partial charge is 0.481 e. The number of methoxy groups -OCH3 is 1. The molecule has 1 atom stereocenters. The topological polar surface area (TPSA) is 134 Å². The highest BCUT2D eigenvalue weighted by Gasteiger charge is 2.35. The molecular formula is C23H25FN6O4S. The second kappa shape index (κ2) is 8.31. The molecule has 3 N–H and O–H groups in total. The summed E-state index contributed by atoms with van der Waals surface area (Å²) in [7, 11) is -2.19. The number of carbonyl (C=O) groups excluding carboxylic acids is 1. The minimum atomic E-state index is -3.67. The van der Waals surface area contributed by atoms with Gasteiger partial charge in [-0.05, 0) is 61.9 Å². The third kappa shape index (κ3) is 4.23. The quantitative estimate of drug-likeness (QED) is 0.561. The first-order valence-electron chi connectivity index (χ1n) is 11.0. The summed E-state index contributed by atoms with van der Waals surface area (Å²) in [6, 6.07) is 3.78. The van der Waals surface area contributed by atoms with Crippen molar-refractivity contribution in [3.8, 4) is 22.9 Å². The number of rotatable bonds is 4. The molecule has 0 radical (unpaired) electrons. The standard InChI is InChI=1S/C23H25FN6O4S/c1-23(2)12-30-21(34-23)18(11-27-30)35(25,32)29-22(31)28-20-15-6-4-5-14(15)17(24)10-16(20)13-7-8-26-19(9-13)33-3/h7-11H,4-6,12H2,1-3H3,(H3,25,28,29,31,32)/t35-/m0/s1. The molecule has 5 rings (SSSR count). The zero-order valence-electron chi connectivity index (χ0n) is 19.5. The first-order chi connectivity index (χ1) is 16.6. The molecule has 35 heavy (non-hydrogen) atoms. The summed E-state index contributed by atoms with van der Waals surface area (Å²) in [5, 5.41) is 12.9. The Hall–Kier alpha value is -3.51.